The molecule has 3 aromatic carbocycles. The van der Waals surface area contributed by atoms with Crippen LogP contribution in [0.2, 0.25) is 0 Å². The molecule has 9 aromatic rings. The Morgan fingerprint density at radius 3 is 1.10 bits per heavy atom. The number of para-hydroxylation sites is 1. The molecule has 0 unspecified atom stereocenters. The molecule has 0 fully saturated rings. The molecular formula is C75H114N18O10S4. The second-order valence-corrected chi connectivity index (χ2v) is 24.2. The van der Waals surface area contributed by atoms with E-state index in [-0.39, 0.29) is 135 Å². The third-order valence-corrected chi connectivity index (χ3v) is 15.8. The average molecular weight is 1560 g/mol. The number of nitrogens with zero attached hydrogens (tertiary/aromatic N) is 10. The number of fused-ring (bicyclic) bond motifs is 1. The molecule has 28 nitrogen and oxygen atoms in total. The van der Waals surface area contributed by atoms with Gasteiger partial charge in [0.25, 0.3) is 0 Å². The number of hydrogen-bond acceptors (Lipinski definition) is 28. The van der Waals surface area contributed by atoms with Crippen LogP contribution in [0.4, 0.5) is 47.1 Å². The summed E-state index contributed by atoms with van der Waals surface area (Å²) < 4.78 is 33.7. The highest BCUT2D eigenvalue weighted by Crippen LogP contribution is 2.29. The Morgan fingerprint density at radius 2 is 0.748 bits per heavy atom. The number of aromatic nitrogens is 10. The Morgan fingerprint density at radius 1 is 0.383 bits per heavy atom. The monoisotopic (exact) mass is 1550 g/mol. The zero-order valence-electron chi connectivity index (χ0n) is 62.5. The summed E-state index contributed by atoms with van der Waals surface area (Å²) in [7, 11) is 3.32. The molecule has 16 N–H and O–H groups in total. The largest absolute Gasteiger partial charge is 0.497 e. The number of benzene rings is 3. The highest BCUT2D eigenvalue weighted by Gasteiger charge is 2.18. The summed E-state index contributed by atoms with van der Waals surface area (Å²) >= 11 is 0. The van der Waals surface area contributed by atoms with Crippen molar-refractivity contribution in [2.45, 2.75) is 162 Å². The Balaban J connectivity index is 0.000000479. The Labute approximate surface area is 657 Å². The van der Waals surface area contributed by atoms with Gasteiger partial charge in [-0.3, -0.25) is 4.98 Å². The summed E-state index contributed by atoms with van der Waals surface area (Å²) in [5.74, 6) is 6.44. The van der Waals surface area contributed by atoms with E-state index in [0.717, 1.165) is 129 Å². The van der Waals surface area contributed by atoms with Crippen LogP contribution in [0.3, 0.4) is 0 Å². The molecule has 588 valence electrons. The van der Waals surface area contributed by atoms with Gasteiger partial charge in [0.05, 0.1) is 120 Å². The zero-order chi connectivity index (χ0) is 74.0. The van der Waals surface area contributed by atoms with Crippen LogP contribution in [-0.2, 0) is 26.1 Å². The van der Waals surface area contributed by atoms with Crippen molar-refractivity contribution >= 4 is 112 Å². The third kappa shape index (κ3) is 34.6. The fourth-order valence-corrected chi connectivity index (χ4v) is 10.3. The minimum absolute atomic E-state index is 0. The number of nitrogens with two attached hydrogens (primary N) is 4. The number of pyridine rings is 2. The lowest BCUT2D eigenvalue weighted by molar-refractivity contribution is 0.265. The molecular weight excluding hydrogens is 1440 g/mol. The van der Waals surface area contributed by atoms with Gasteiger partial charge in [-0.1, -0.05) is 121 Å². The number of hydrogen-bond donors (Lipinski definition) is 12. The first-order valence-corrected chi connectivity index (χ1v) is 35.2. The van der Waals surface area contributed by atoms with E-state index in [1.165, 1.54) is 17.3 Å². The predicted octanol–water partition coefficient (Wildman–Crippen LogP) is 11.2. The highest BCUT2D eigenvalue weighted by molar-refractivity contribution is 7.59. The lowest BCUT2D eigenvalue weighted by Crippen LogP contribution is -2.25. The van der Waals surface area contributed by atoms with Crippen molar-refractivity contribution in [2.24, 2.45) is 0 Å². The topological polar surface area (TPSA) is 417 Å². The number of anilines is 8. The molecule has 32 heteroatoms. The summed E-state index contributed by atoms with van der Waals surface area (Å²) in [4.78, 5) is 41.8. The van der Waals surface area contributed by atoms with E-state index in [0.29, 0.717) is 66.1 Å². The number of nitrogen functional groups attached to an aromatic ring is 4. The third-order valence-electron chi connectivity index (χ3n) is 15.8. The van der Waals surface area contributed by atoms with Crippen LogP contribution in [0.25, 0.3) is 10.9 Å². The summed E-state index contributed by atoms with van der Waals surface area (Å²) in [6, 6.07) is 33.3. The molecule has 0 radical (unpaired) electrons. The smallest absolute Gasteiger partial charge is 0.222 e. The maximum atomic E-state index is 9.59. The predicted molar refractivity (Wildman–Crippen MR) is 447 cm³/mol. The van der Waals surface area contributed by atoms with Crippen molar-refractivity contribution in [1.82, 2.24) is 49.8 Å². The summed E-state index contributed by atoms with van der Waals surface area (Å²) in [5, 5.41) is 51.9. The number of rotatable bonds is 40. The van der Waals surface area contributed by atoms with Gasteiger partial charge < -0.3 is 93.0 Å². The van der Waals surface area contributed by atoms with Crippen LogP contribution in [0.1, 0.15) is 133 Å². The van der Waals surface area contributed by atoms with E-state index < -0.39 is 0 Å². The molecule has 0 amide bonds. The SMILES string of the molecule is CCCC[C@@H](CO)Nc1nc(N)ncc1OCCCc1ccc(OC)cc1.CCCC[C@@H](CO)Nc1nc(N)ncc1OCc1ccc2ccccc2n1.CCC[C@@H](CO)Nc1nc(N)ncc1OCCCc1ccc(OC)cc1.CCC[C@@H](CO)Nc1nc(N)ncc1OCc1cccc(C)n1.S.S.S.S. The van der Waals surface area contributed by atoms with Crippen molar-refractivity contribution < 1.29 is 48.8 Å². The van der Waals surface area contributed by atoms with Gasteiger partial charge in [0, 0.05) is 11.1 Å². The van der Waals surface area contributed by atoms with Crippen molar-refractivity contribution in [1.29, 1.82) is 0 Å². The van der Waals surface area contributed by atoms with Crippen LogP contribution in [0.15, 0.2) is 128 Å². The molecule has 6 heterocycles. The normalized spacial score (nSPS) is 11.5. The minimum atomic E-state index is -0.111. The molecule has 9 rings (SSSR count). The second kappa shape index (κ2) is 53.7. The maximum Gasteiger partial charge on any atom is 0.222 e. The van der Waals surface area contributed by atoms with Gasteiger partial charge in [-0.2, -0.15) is 73.9 Å². The van der Waals surface area contributed by atoms with Crippen molar-refractivity contribution in [3.63, 3.8) is 0 Å². The van der Waals surface area contributed by atoms with Crippen LogP contribution >= 0.6 is 54.0 Å². The van der Waals surface area contributed by atoms with Gasteiger partial charge in [0.15, 0.2) is 46.3 Å². The number of aliphatic hydroxyl groups excluding tert-OH is 4. The summed E-state index contributed by atoms with van der Waals surface area (Å²) in [6.45, 7) is 12.0. The van der Waals surface area contributed by atoms with Gasteiger partial charge in [0.1, 0.15) is 24.7 Å². The van der Waals surface area contributed by atoms with E-state index in [1.54, 1.807) is 32.8 Å². The van der Waals surface area contributed by atoms with Crippen molar-refractivity contribution in [2.75, 3.05) is 98.1 Å². The number of nitrogens with one attached hydrogen (secondary N) is 4. The standard InChI is InChI=1S/C20H25N5O2.C20H30N4O3.C19H28N4O3.C16H23N5O2.4H2S/c1-2-3-7-15(12-26)24-19-18(11-22-20(21)25-19)27-13-16-10-9-14-6-4-5-8-17(14)23-16;1-3-4-7-16(14-25)23-19-18(13-22-20(21)24-19)27-12-5-6-15-8-10-17(26-2)11-9-15;1-3-5-15(13-24)22-18-17(12-21-19(20)23-18)26-11-4-6-14-7-9-16(25-2)10-8-14;1-3-5-12(9-22)20-15-14(8-18-16(17)21-15)23-10-13-7-4-6-11(2)19-13;;;;/h4-6,8-11,15,26H,2-3,7,12-13H2,1H3,(H3,21,22,24,25);8-11,13,16,25H,3-7,12,14H2,1-2H3,(H3,21,22,23,24);7-10,12,15,24H,3-6,11,13H2,1-2H3,(H3,20,21,22,23);4,6-8,12,22H,3,5,9-10H2,1-2H3,(H3,17,18,20,21);4*1H2/t15-;16-;15-;12-;;;;/m0000..../s1. The van der Waals surface area contributed by atoms with Gasteiger partial charge >= 0.3 is 0 Å². The van der Waals surface area contributed by atoms with Gasteiger partial charge in [-0.05, 0) is 118 Å². The minimum Gasteiger partial charge on any atom is -0.497 e. The molecule has 0 saturated heterocycles. The number of aryl methyl sites for hydroxylation is 3. The molecule has 4 atom stereocenters. The second-order valence-electron chi connectivity index (χ2n) is 24.2. The van der Waals surface area contributed by atoms with Crippen LogP contribution in [0, 0.1) is 6.92 Å². The number of methoxy groups -OCH3 is 2. The van der Waals surface area contributed by atoms with E-state index >= 15 is 0 Å². The Hall–Kier alpha value is -9.02. The Bertz CT molecular complexity index is 3870. The first kappa shape index (κ1) is 94.1. The molecule has 107 heavy (non-hydrogen) atoms. The average Bonchev–Trinajstić information content (AvgIpc) is 0.903. The molecule has 0 spiro atoms. The van der Waals surface area contributed by atoms with E-state index in [9.17, 15) is 20.4 Å². The Kier molecular flexibility index (Phi) is 47.2. The molecule has 6 aromatic heterocycles. The van der Waals surface area contributed by atoms with Crippen LogP contribution in [0.5, 0.6) is 34.5 Å². The first-order valence-electron chi connectivity index (χ1n) is 35.2. The fraction of sp³-hybridized carbons (Fsp3) is 0.440. The van der Waals surface area contributed by atoms with E-state index in [1.807, 2.05) is 85.8 Å². The van der Waals surface area contributed by atoms with Crippen LogP contribution < -0.4 is 72.6 Å². The molecule has 0 bridgehead atoms. The highest BCUT2D eigenvalue weighted by atomic mass is 32.1. The molecule has 0 aliphatic heterocycles. The van der Waals surface area contributed by atoms with Gasteiger partial charge in [0.2, 0.25) is 23.8 Å². The van der Waals surface area contributed by atoms with Gasteiger partial charge in [-0.25, -0.2) is 24.9 Å². The summed E-state index contributed by atoms with van der Waals surface area (Å²) in [5.41, 5.74) is 28.7. The first-order chi connectivity index (χ1) is 50.1. The quantitative estimate of drug-likeness (QED) is 0.0159. The lowest BCUT2D eigenvalue weighted by atomic mass is 10.1. The van der Waals surface area contributed by atoms with E-state index in [2.05, 4.69) is 123 Å². The van der Waals surface area contributed by atoms with Crippen LogP contribution in [-0.4, -0.2) is 148 Å². The zero-order valence-corrected chi connectivity index (χ0v) is 66.5. The van der Waals surface area contributed by atoms with Crippen molar-refractivity contribution in [3.05, 3.63) is 156 Å². The molecule has 0 aliphatic rings. The number of unbranched alkanes of at least 4 members (excludes halogenated alkanes) is 2. The van der Waals surface area contributed by atoms with E-state index in [4.69, 9.17) is 51.4 Å². The lowest BCUT2D eigenvalue weighted by Gasteiger charge is -2.19. The number of ether oxygens (including phenoxy) is 6. The van der Waals surface area contributed by atoms with Gasteiger partial charge in [-0.15, -0.1) is 0 Å². The summed E-state index contributed by atoms with van der Waals surface area (Å²) in [6.07, 6.45) is 19.1. The fourth-order valence-electron chi connectivity index (χ4n) is 10.3. The van der Waals surface area contributed by atoms with Crippen molar-refractivity contribution in [3.8, 4) is 34.5 Å². The molecule has 0 saturated carbocycles. The number of aliphatic hydroxyl groups is 4. The molecule has 0 aliphatic carbocycles. The maximum absolute atomic E-state index is 9.59.